The van der Waals surface area contributed by atoms with Gasteiger partial charge in [0.1, 0.15) is 5.75 Å². The summed E-state index contributed by atoms with van der Waals surface area (Å²) in [6, 6.07) is 14.6. The van der Waals surface area contributed by atoms with Gasteiger partial charge in [-0.25, -0.2) is 0 Å². The number of hydrogen-bond donors (Lipinski definition) is 1. The molecule has 3 heteroatoms. The molecule has 0 spiro atoms. The molecule has 22 heavy (non-hydrogen) atoms. The van der Waals surface area contributed by atoms with Crippen molar-refractivity contribution >= 4 is 10.8 Å². The van der Waals surface area contributed by atoms with Gasteiger partial charge in [0.2, 0.25) is 0 Å². The van der Waals surface area contributed by atoms with Crippen molar-refractivity contribution in [3.63, 3.8) is 0 Å². The second-order valence-corrected chi connectivity index (χ2v) is 6.30. The first kappa shape index (κ1) is 15.3. The monoisotopic (exact) mass is 299 g/mol. The Hall–Kier alpha value is -1.58. The zero-order chi connectivity index (χ0) is 15.4. The summed E-state index contributed by atoms with van der Waals surface area (Å²) in [4.78, 5) is 2.43. The largest absolute Gasteiger partial charge is 0.494 e. The fraction of sp³-hybridized carbons (Fsp3) is 0.474. The summed E-state index contributed by atoms with van der Waals surface area (Å²) in [5.74, 6) is 1.39. The number of hydrogen-bond acceptors (Lipinski definition) is 3. The van der Waals surface area contributed by atoms with Gasteiger partial charge in [-0.05, 0) is 55.1 Å². The van der Waals surface area contributed by atoms with Gasteiger partial charge >= 0.3 is 0 Å². The van der Waals surface area contributed by atoms with Crippen molar-refractivity contribution in [1.29, 1.82) is 0 Å². The van der Waals surface area contributed by atoms with E-state index in [0.29, 0.717) is 5.92 Å². The lowest BCUT2D eigenvalue weighted by Crippen LogP contribution is -2.26. The fourth-order valence-corrected chi connectivity index (χ4v) is 3.19. The standard InChI is InChI=1S/C19H25NO2/c1-15(21)18-9-11-20(14-18)10-4-12-22-19-8-7-16-5-2-3-6-17(16)13-19/h2-3,5-8,13,15,18,21H,4,9-12,14H2,1H3. The predicted octanol–water partition coefficient (Wildman–Crippen LogP) is 3.31. The maximum Gasteiger partial charge on any atom is 0.119 e. The first-order valence-corrected chi connectivity index (χ1v) is 8.24. The van der Waals surface area contributed by atoms with Crippen molar-refractivity contribution in [1.82, 2.24) is 4.90 Å². The van der Waals surface area contributed by atoms with E-state index in [1.54, 1.807) is 0 Å². The van der Waals surface area contributed by atoms with E-state index in [1.807, 2.05) is 13.0 Å². The number of aliphatic hydroxyl groups excluding tert-OH is 1. The van der Waals surface area contributed by atoms with Gasteiger partial charge in [0.15, 0.2) is 0 Å². The summed E-state index contributed by atoms with van der Waals surface area (Å²) in [5.41, 5.74) is 0. The third kappa shape index (κ3) is 3.79. The van der Waals surface area contributed by atoms with E-state index in [1.165, 1.54) is 10.8 Å². The molecule has 0 aromatic heterocycles. The van der Waals surface area contributed by atoms with Crippen molar-refractivity contribution in [2.45, 2.75) is 25.9 Å². The predicted molar refractivity (Wildman–Crippen MR) is 90.3 cm³/mol. The highest BCUT2D eigenvalue weighted by Gasteiger charge is 2.25. The Morgan fingerprint density at radius 1 is 1.23 bits per heavy atom. The van der Waals surface area contributed by atoms with E-state index in [-0.39, 0.29) is 6.10 Å². The molecule has 2 unspecified atom stereocenters. The summed E-state index contributed by atoms with van der Waals surface area (Å²) < 4.78 is 5.87. The van der Waals surface area contributed by atoms with Gasteiger partial charge in [-0.1, -0.05) is 30.3 Å². The third-order valence-corrected chi connectivity index (χ3v) is 4.60. The van der Waals surface area contributed by atoms with Gasteiger partial charge in [0, 0.05) is 13.1 Å². The summed E-state index contributed by atoms with van der Waals surface area (Å²) in [5, 5.41) is 12.1. The van der Waals surface area contributed by atoms with Crippen LogP contribution in [-0.2, 0) is 0 Å². The van der Waals surface area contributed by atoms with Gasteiger partial charge in [-0.2, -0.15) is 0 Å². The second kappa shape index (κ2) is 7.12. The molecule has 1 fully saturated rings. The molecule has 3 nitrogen and oxygen atoms in total. The van der Waals surface area contributed by atoms with Crippen LogP contribution in [0, 0.1) is 5.92 Å². The molecule has 0 saturated carbocycles. The minimum atomic E-state index is -0.182. The average Bonchev–Trinajstić information content (AvgIpc) is 3.00. The summed E-state index contributed by atoms with van der Waals surface area (Å²) >= 11 is 0. The molecular weight excluding hydrogens is 274 g/mol. The number of fused-ring (bicyclic) bond motifs is 1. The van der Waals surface area contributed by atoms with Crippen molar-refractivity contribution in [3.05, 3.63) is 42.5 Å². The van der Waals surface area contributed by atoms with Crippen molar-refractivity contribution in [3.8, 4) is 5.75 Å². The second-order valence-electron chi connectivity index (χ2n) is 6.30. The quantitative estimate of drug-likeness (QED) is 0.831. The lowest BCUT2D eigenvalue weighted by atomic mass is 10.0. The van der Waals surface area contributed by atoms with Crippen LogP contribution in [0.15, 0.2) is 42.5 Å². The lowest BCUT2D eigenvalue weighted by Gasteiger charge is -2.17. The van der Waals surface area contributed by atoms with Gasteiger partial charge in [0.25, 0.3) is 0 Å². The maximum atomic E-state index is 9.63. The first-order valence-electron chi connectivity index (χ1n) is 8.24. The molecule has 1 N–H and O–H groups in total. The highest BCUT2D eigenvalue weighted by molar-refractivity contribution is 5.83. The van der Waals surface area contributed by atoms with Crippen LogP contribution in [-0.4, -0.2) is 42.4 Å². The zero-order valence-corrected chi connectivity index (χ0v) is 13.2. The van der Waals surface area contributed by atoms with Gasteiger partial charge in [-0.3, -0.25) is 0 Å². The van der Waals surface area contributed by atoms with Crippen molar-refractivity contribution in [2.75, 3.05) is 26.2 Å². The number of benzene rings is 2. The number of nitrogens with zero attached hydrogens (tertiary/aromatic N) is 1. The fourth-order valence-electron chi connectivity index (χ4n) is 3.19. The molecule has 0 radical (unpaired) electrons. The van der Waals surface area contributed by atoms with Crippen molar-refractivity contribution < 1.29 is 9.84 Å². The van der Waals surface area contributed by atoms with Crippen molar-refractivity contribution in [2.24, 2.45) is 5.92 Å². The van der Waals surface area contributed by atoms with E-state index in [4.69, 9.17) is 4.74 Å². The zero-order valence-electron chi connectivity index (χ0n) is 13.2. The van der Waals surface area contributed by atoms with Crippen LogP contribution >= 0.6 is 0 Å². The van der Waals surface area contributed by atoms with Gasteiger partial charge in [-0.15, -0.1) is 0 Å². The lowest BCUT2D eigenvalue weighted by molar-refractivity contribution is 0.127. The van der Waals surface area contributed by atoms with E-state index >= 15 is 0 Å². The topological polar surface area (TPSA) is 32.7 Å². The number of aliphatic hydroxyl groups is 1. The maximum absolute atomic E-state index is 9.63. The highest BCUT2D eigenvalue weighted by atomic mass is 16.5. The molecule has 118 valence electrons. The molecule has 2 aromatic rings. The third-order valence-electron chi connectivity index (χ3n) is 4.60. The number of ether oxygens (including phenoxy) is 1. The van der Waals surface area contributed by atoms with E-state index < -0.39 is 0 Å². The molecule has 0 amide bonds. The summed E-state index contributed by atoms with van der Waals surface area (Å²) in [6.45, 7) is 5.82. The summed E-state index contributed by atoms with van der Waals surface area (Å²) in [7, 11) is 0. The molecule has 0 aliphatic carbocycles. The Morgan fingerprint density at radius 3 is 2.82 bits per heavy atom. The Labute approximate surface area is 132 Å². The highest BCUT2D eigenvalue weighted by Crippen LogP contribution is 2.21. The van der Waals surface area contributed by atoms with Crippen LogP contribution in [0.2, 0.25) is 0 Å². The smallest absolute Gasteiger partial charge is 0.119 e. The summed E-state index contributed by atoms with van der Waals surface area (Å²) in [6.07, 6.45) is 1.96. The first-order chi connectivity index (χ1) is 10.7. The molecule has 2 aromatic carbocycles. The van der Waals surface area contributed by atoms with E-state index in [9.17, 15) is 5.11 Å². The molecule has 3 rings (SSSR count). The molecule has 1 aliphatic rings. The Bertz CT molecular complexity index is 611. The average molecular weight is 299 g/mol. The molecule has 2 atom stereocenters. The molecule has 1 saturated heterocycles. The van der Waals surface area contributed by atoms with Crippen LogP contribution in [0.25, 0.3) is 10.8 Å². The number of likely N-dealkylation sites (tertiary alicyclic amines) is 1. The Balaban J connectivity index is 1.43. The van der Waals surface area contributed by atoms with Crippen LogP contribution in [0.3, 0.4) is 0 Å². The van der Waals surface area contributed by atoms with Crippen LogP contribution in [0.4, 0.5) is 0 Å². The molecule has 1 aliphatic heterocycles. The Morgan fingerprint density at radius 2 is 2.05 bits per heavy atom. The molecule has 0 bridgehead atoms. The minimum absolute atomic E-state index is 0.182. The van der Waals surface area contributed by atoms with E-state index in [0.717, 1.165) is 44.8 Å². The molecular formula is C19H25NO2. The van der Waals surface area contributed by atoms with Gasteiger partial charge < -0.3 is 14.7 Å². The minimum Gasteiger partial charge on any atom is -0.494 e. The Kier molecular flexibility index (Phi) is 4.96. The van der Waals surface area contributed by atoms with Gasteiger partial charge in [0.05, 0.1) is 12.7 Å². The van der Waals surface area contributed by atoms with E-state index in [2.05, 4.69) is 41.3 Å². The number of rotatable bonds is 6. The van der Waals surface area contributed by atoms with Crippen LogP contribution in [0.1, 0.15) is 19.8 Å². The normalized spacial score (nSPS) is 20.4. The van der Waals surface area contributed by atoms with Crippen LogP contribution in [0.5, 0.6) is 5.75 Å². The van der Waals surface area contributed by atoms with Crippen LogP contribution < -0.4 is 4.74 Å². The SMILES string of the molecule is CC(O)C1CCN(CCCOc2ccc3ccccc3c2)C1. The molecule has 1 heterocycles.